The molecular formula is C6H9NS3. The Morgan fingerprint density at radius 3 is 2.10 bits per heavy atom. The van der Waals surface area contributed by atoms with Crippen LogP contribution in [0.4, 0.5) is 5.00 Å². The fourth-order valence-electron chi connectivity index (χ4n) is 0.700. The van der Waals surface area contributed by atoms with Crippen LogP contribution in [0, 0.1) is 10.7 Å². The van der Waals surface area contributed by atoms with Crippen molar-refractivity contribution in [2.45, 2.75) is 6.92 Å². The Balaban J connectivity index is 3.18. The zero-order chi connectivity index (χ0) is 7.72. The fraction of sp³-hybridized carbons (Fsp3) is 0.500. The summed E-state index contributed by atoms with van der Waals surface area (Å²) in [6.07, 6.45) is 0. The van der Waals surface area contributed by atoms with Crippen LogP contribution in [-0.2, 0) is 0 Å². The molecule has 0 aliphatic heterocycles. The first-order chi connectivity index (χ1) is 4.63. The number of anilines is 1. The average Bonchev–Trinajstić information content (AvgIpc) is 2.14. The van der Waals surface area contributed by atoms with E-state index < -0.39 is 0 Å². The molecule has 0 fully saturated rings. The standard InChI is InChI=1S/C6H9NS3/c1-4-5(7(2)3)9-10-6(4)8/h1-3H3. The lowest BCUT2D eigenvalue weighted by molar-refractivity contribution is 1.14. The summed E-state index contributed by atoms with van der Waals surface area (Å²) in [6.45, 7) is 2.07. The van der Waals surface area contributed by atoms with Gasteiger partial charge in [0.15, 0.2) is 0 Å². The second-order valence-corrected chi connectivity index (χ2v) is 5.07. The highest BCUT2D eigenvalue weighted by Gasteiger charge is 2.03. The topological polar surface area (TPSA) is 3.24 Å². The molecule has 10 heavy (non-hydrogen) atoms. The lowest BCUT2D eigenvalue weighted by Gasteiger charge is -2.08. The summed E-state index contributed by atoms with van der Waals surface area (Å²) < 4.78 is 1.02. The van der Waals surface area contributed by atoms with E-state index in [1.807, 2.05) is 14.1 Å². The molecule has 1 nitrogen and oxygen atoms in total. The van der Waals surface area contributed by atoms with Gasteiger partial charge >= 0.3 is 0 Å². The third kappa shape index (κ3) is 1.38. The Kier molecular flexibility index (Phi) is 2.44. The second-order valence-electron chi connectivity index (χ2n) is 2.28. The molecule has 1 rings (SSSR count). The van der Waals surface area contributed by atoms with E-state index in [2.05, 4.69) is 11.8 Å². The van der Waals surface area contributed by atoms with Gasteiger partial charge in [-0.05, 0) is 6.92 Å². The molecule has 0 aromatic carbocycles. The van der Waals surface area contributed by atoms with Gasteiger partial charge in [-0.1, -0.05) is 32.9 Å². The minimum absolute atomic E-state index is 1.02. The number of rotatable bonds is 1. The van der Waals surface area contributed by atoms with Crippen LogP contribution in [0.2, 0.25) is 0 Å². The predicted octanol–water partition coefficient (Wildman–Crippen LogP) is 2.91. The molecule has 0 amide bonds. The van der Waals surface area contributed by atoms with Crippen molar-refractivity contribution in [2.24, 2.45) is 0 Å². The van der Waals surface area contributed by atoms with Gasteiger partial charge in [-0.15, -0.1) is 0 Å². The Morgan fingerprint density at radius 2 is 1.90 bits per heavy atom. The van der Waals surface area contributed by atoms with Gasteiger partial charge in [0.2, 0.25) is 0 Å². The number of hydrogen-bond acceptors (Lipinski definition) is 4. The van der Waals surface area contributed by atoms with E-state index in [1.165, 1.54) is 10.6 Å². The first-order valence-corrected chi connectivity index (χ1v) is 5.46. The highest BCUT2D eigenvalue weighted by atomic mass is 32.9. The van der Waals surface area contributed by atoms with Crippen molar-refractivity contribution >= 4 is 37.9 Å². The maximum atomic E-state index is 5.10. The van der Waals surface area contributed by atoms with Crippen molar-refractivity contribution in [1.29, 1.82) is 0 Å². The minimum Gasteiger partial charge on any atom is -0.369 e. The van der Waals surface area contributed by atoms with Crippen molar-refractivity contribution in [1.82, 2.24) is 0 Å². The Hall–Kier alpha value is 0.0700. The minimum atomic E-state index is 1.02. The molecule has 1 heterocycles. The van der Waals surface area contributed by atoms with Gasteiger partial charge in [-0.25, -0.2) is 0 Å². The van der Waals surface area contributed by atoms with Crippen molar-refractivity contribution in [3.63, 3.8) is 0 Å². The lowest BCUT2D eigenvalue weighted by Crippen LogP contribution is -2.07. The van der Waals surface area contributed by atoms with Crippen LogP contribution in [0.3, 0.4) is 0 Å². The molecule has 0 aliphatic rings. The molecule has 0 bridgehead atoms. The van der Waals surface area contributed by atoms with E-state index >= 15 is 0 Å². The molecule has 0 aliphatic carbocycles. The fourth-order valence-corrected chi connectivity index (χ4v) is 3.65. The Morgan fingerprint density at radius 1 is 1.30 bits per heavy atom. The SMILES string of the molecule is Cc1c(N(C)C)ssc1=S. The molecule has 0 saturated carbocycles. The van der Waals surface area contributed by atoms with E-state index in [0.717, 1.165) is 3.82 Å². The van der Waals surface area contributed by atoms with Crippen molar-refractivity contribution in [3.05, 3.63) is 9.39 Å². The number of nitrogens with zero attached hydrogens (tertiary/aromatic N) is 1. The van der Waals surface area contributed by atoms with E-state index in [4.69, 9.17) is 12.2 Å². The summed E-state index contributed by atoms with van der Waals surface area (Å²) in [6, 6.07) is 0. The average molecular weight is 191 g/mol. The van der Waals surface area contributed by atoms with Gasteiger partial charge in [0, 0.05) is 19.7 Å². The van der Waals surface area contributed by atoms with Crippen LogP contribution < -0.4 is 4.90 Å². The maximum absolute atomic E-state index is 5.10. The van der Waals surface area contributed by atoms with Crippen LogP contribution in [0.25, 0.3) is 0 Å². The van der Waals surface area contributed by atoms with E-state index in [0.29, 0.717) is 0 Å². The molecule has 4 heteroatoms. The van der Waals surface area contributed by atoms with Gasteiger partial charge in [0.05, 0.1) is 0 Å². The zero-order valence-electron chi connectivity index (χ0n) is 6.17. The van der Waals surface area contributed by atoms with Gasteiger partial charge in [-0.3, -0.25) is 0 Å². The van der Waals surface area contributed by atoms with Crippen LogP contribution in [0.1, 0.15) is 5.56 Å². The molecule has 0 radical (unpaired) electrons. The first-order valence-electron chi connectivity index (χ1n) is 2.90. The summed E-state index contributed by atoms with van der Waals surface area (Å²) in [5.41, 5.74) is 1.25. The van der Waals surface area contributed by atoms with E-state index in [9.17, 15) is 0 Å². The monoisotopic (exact) mass is 191 g/mol. The van der Waals surface area contributed by atoms with E-state index in [1.54, 1.807) is 20.7 Å². The van der Waals surface area contributed by atoms with Crippen molar-refractivity contribution < 1.29 is 0 Å². The molecule has 1 aromatic rings. The van der Waals surface area contributed by atoms with Gasteiger partial charge in [0.1, 0.15) is 8.82 Å². The summed E-state index contributed by atoms with van der Waals surface area (Å²) in [7, 11) is 7.51. The van der Waals surface area contributed by atoms with Gasteiger partial charge in [0.25, 0.3) is 0 Å². The smallest absolute Gasteiger partial charge is 0.106 e. The van der Waals surface area contributed by atoms with Crippen molar-refractivity contribution in [2.75, 3.05) is 19.0 Å². The second kappa shape index (κ2) is 2.98. The molecule has 0 N–H and O–H groups in total. The largest absolute Gasteiger partial charge is 0.369 e. The quantitative estimate of drug-likeness (QED) is 0.496. The predicted molar refractivity (Wildman–Crippen MR) is 52.1 cm³/mol. The molecule has 1 aromatic heterocycles. The summed E-state index contributed by atoms with van der Waals surface area (Å²) in [5, 5.41) is 1.29. The van der Waals surface area contributed by atoms with Crippen LogP contribution in [0.15, 0.2) is 0 Å². The highest BCUT2D eigenvalue weighted by molar-refractivity contribution is 7.80. The lowest BCUT2D eigenvalue weighted by atomic mass is 10.4. The van der Waals surface area contributed by atoms with Gasteiger partial charge in [-0.2, -0.15) is 0 Å². The summed E-state index contributed by atoms with van der Waals surface area (Å²) >= 11 is 5.10. The van der Waals surface area contributed by atoms with Crippen LogP contribution >= 0.6 is 32.9 Å². The molecule has 56 valence electrons. The Labute approximate surface area is 73.3 Å². The molecule has 0 saturated heterocycles. The van der Waals surface area contributed by atoms with E-state index in [-0.39, 0.29) is 0 Å². The molecule has 0 atom stereocenters. The molecule has 0 spiro atoms. The summed E-state index contributed by atoms with van der Waals surface area (Å²) in [5.74, 6) is 0. The third-order valence-electron chi connectivity index (χ3n) is 1.23. The van der Waals surface area contributed by atoms with Crippen LogP contribution in [-0.4, -0.2) is 14.1 Å². The van der Waals surface area contributed by atoms with Crippen molar-refractivity contribution in [3.8, 4) is 0 Å². The zero-order valence-corrected chi connectivity index (χ0v) is 8.62. The van der Waals surface area contributed by atoms with Gasteiger partial charge < -0.3 is 4.90 Å². The molecular weight excluding hydrogens is 182 g/mol. The van der Waals surface area contributed by atoms with Crippen LogP contribution in [0.5, 0.6) is 0 Å². The number of hydrogen-bond donors (Lipinski definition) is 0. The third-order valence-corrected chi connectivity index (χ3v) is 4.70. The first kappa shape index (κ1) is 8.17. The Bertz CT molecular complexity index is 271. The highest BCUT2D eigenvalue weighted by Crippen LogP contribution is 2.30. The molecule has 0 unspecified atom stereocenters. The summed E-state index contributed by atoms with van der Waals surface area (Å²) in [4.78, 5) is 2.10. The normalized spacial score (nSPS) is 9.90. The maximum Gasteiger partial charge on any atom is 0.106 e.